The van der Waals surface area contributed by atoms with Crippen molar-refractivity contribution in [2.45, 2.75) is 199 Å². The van der Waals surface area contributed by atoms with Gasteiger partial charge in [-0.25, -0.2) is 0 Å². The SMILES string of the molecule is CC/C=C\C/C=C\C/C=C\C/C=C\C/C=C\CCCCCCCCCCCCCCCCCC(=O)NC(COP(=O)([O-])OCC[N+](C)(C)C)C(O)CCCCCC. The standard InChI is InChI=1S/C48H89N2O6P/c1-6-8-10-12-13-14-15-16-17-18-19-20-21-22-23-24-25-26-27-28-29-30-31-32-33-34-35-36-37-38-40-42-48(52)49-46(47(51)41-39-11-9-7-2)45-56-57(53,54)55-44-43-50(3,4)5/h8,10,13-14,16-17,19-20,22-23,46-47,51H,6-7,9,11-12,15,18,21,24-45H2,1-5H3,(H-,49,52,53,54)/b10-8-,14-13-,17-16-,20-19-,23-22-. The Labute approximate surface area is 351 Å². The molecule has 0 radical (unpaired) electrons. The zero-order valence-corrected chi connectivity index (χ0v) is 38.4. The van der Waals surface area contributed by atoms with E-state index in [0.717, 1.165) is 77.0 Å². The molecule has 0 aromatic heterocycles. The molecule has 0 heterocycles. The number of phosphoric ester groups is 1. The first-order valence-corrected chi connectivity index (χ1v) is 24.6. The summed E-state index contributed by atoms with van der Waals surface area (Å²) in [7, 11) is 1.29. The number of nitrogens with one attached hydrogen (secondary N) is 1. The number of nitrogens with zero attached hydrogens (tertiary/aromatic N) is 1. The van der Waals surface area contributed by atoms with Gasteiger partial charge in [0.2, 0.25) is 5.91 Å². The van der Waals surface area contributed by atoms with E-state index in [0.29, 0.717) is 23.9 Å². The van der Waals surface area contributed by atoms with E-state index in [-0.39, 0.29) is 19.1 Å². The molecule has 0 fully saturated rings. The van der Waals surface area contributed by atoms with Crippen LogP contribution in [0.15, 0.2) is 60.8 Å². The van der Waals surface area contributed by atoms with Crippen LogP contribution < -0.4 is 10.2 Å². The van der Waals surface area contributed by atoms with Crippen molar-refractivity contribution >= 4 is 13.7 Å². The molecule has 0 saturated carbocycles. The van der Waals surface area contributed by atoms with E-state index in [2.05, 4.69) is 79.9 Å². The highest BCUT2D eigenvalue weighted by atomic mass is 31.2. The largest absolute Gasteiger partial charge is 0.756 e. The molecule has 9 heteroatoms. The van der Waals surface area contributed by atoms with Crippen LogP contribution in [0.2, 0.25) is 0 Å². The number of carbonyl (C=O) groups excluding carboxylic acids is 1. The Morgan fingerprint density at radius 2 is 1.07 bits per heavy atom. The lowest BCUT2D eigenvalue weighted by Crippen LogP contribution is -2.46. The van der Waals surface area contributed by atoms with Gasteiger partial charge in [0.1, 0.15) is 13.2 Å². The monoisotopic (exact) mass is 821 g/mol. The summed E-state index contributed by atoms with van der Waals surface area (Å²) in [6.07, 6.45) is 51.7. The lowest BCUT2D eigenvalue weighted by atomic mass is 10.0. The van der Waals surface area contributed by atoms with Gasteiger partial charge in [0.05, 0.1) is 39.9 Å². The molecule has 3 atom stereocenters. The topological polar surface area (TPSA) is 108 Å². The van der Waals surface area contributed by atoms with Crippen LogP contribution in [-0.2, 0) is 18.4 Å². The number of unbranched alkanes of at least 4 members (excludes halogenated alkanes) is 18. The van der Waals surface area contributed by atoms with Crippen molar-refractivity contribution in [2.24, 2.45) is 0 Å². The molecule has 57 heavy (non-hydrogen) atoms. The van der Waals surface area contributed by atoms with Crippen LogP contribution in [0.4, 0.5) is 0 Å². The Morgan fingerprint density at radius 1 is 0.632 bits per heavy atom. The molecule has 0 aliphatic carbocycles. The Balaban J connectivity index is 3.85. The molecular formula is C48H89N2O6P. The lowest BCUT2D eigenvalue weighted by molar-refractivity contribution is -0.870. The summed E-state index contributed by atoms with van der Waals surface area (Å²) >= 11 is 0. The fraction of sp³-hybridized carbons (Fsp3) is 0.771. The van der Waals surface area contributed by atoms with Crippen LogP contribution in [0.3, 0.4) is 0 Å². The smallest absolute Gasteiger partial charge is 0.268 e. The van der Waals surface area contributed by atoms with E-state index >= 15 is 0 Å². The predicted octanol–water partition coefficient (Wildman–Crippen LogP) is 12.4. The molecule has 0 aliphatic rings. The number of rotatable bonds is 41. The normalized spacial score (nSPS) is 14.9. The molecular weight excluding hydrogens is 732 g/mol. The number of carbonyl (C=O) groups is 1. The van der Waals surface area contributed by atoms with Gasteiger partial charge in [-0.15, -0.1) is 0 Å². The van der Waals surface area contributed by atoms with Crippen LogP contribution >= 0.6 is 7.82 Å². The zero-order valence-electron chi connectivity index (χ0n) is 37.5. The van der Waals surface area contributed by atoms with Crippen LogP contribution in [0.25, 0.3) is 0 Å². The average molecular weight is 821 g/mol. The second-order valence-electron chi connectivity index (χ2n) is 16.7. The van der Waals surface area contributed by atoms with E-state index < -0.39 is 20.0 Å². The number of amides is 1. The number of allylic oxidation sites excluding steroid dienone is 10. The number of aliphatic hydroxyl groups excluding tert-OH is 1. The van der Waals surface area contributed by atoms with Crippen LogP contribution in [0, 0.1) is 0 Å². The first kappa shape index (κ1) is 55.2. The molecule has 0 rings (SSSR count). The summed E-state index contributed by atoms with van der Waals surface area (Å²) in [4.78, 5) is 25.1. The van der Waals surface area contributed by atoms with E-state index in [1.165, 1.54) is 83.5 Å². The Kier molecular flexibility index (Phi) is 38.4. The van der Waals surface area contributed by atoms with E-state index in [4.69, 9.17) is 9.05 Å². The molecule has 0 aromatic rings. The van der Waals surface area contributed by atoms with Gasteiger partial charge < -0.3 is 28.8 Å². The molecule has 0 bridgehead atoms. The minimum atomic E-state index is -4.55. The van der Waals surface area contributed by atoms with Crippen molar-refractivity contribution in [2.75, 3.05) is 40.9 Å². The molecule has 3 unspecified atom stereocenters. The minimum absolute atomic E-state index is 0.00947. The highest BCUT2D eigenvalue weighted by molar-refractivity contribution is 7.45. The third-order valence-corrected chi connectivity index (χ3v) is 11.0. The van der Waals surface area contributed by atoms with Gasteiger partial charge in [0.25, 0.3) is 7.82 Å². The Morgan fingerprint density at radius 3 is 1.54 bits per heavy atom. The van der Waals surface area contributed by atoms with Crippen molar-refractivity contribution in [1.29, 1.82) is 0 Å². The molecule has 8 nitrogen and oxygen atoms in total. The number of phosphoric acid groups is 1. The highest BCUT2D eigenvalue weighted by Crippen LogP contribution is 2.38. The molecule has 1 amide bonds. The van der Waals surface area contributed by atoms with Gasteiger partial charge in [-0.3, -0.25) is 9.36 Å². The lowest BCUT2D eigenvalue weighted by Gasteiger charge is -2.30. The summed E-state index contributed by atoms with van der Waals surface area (Å²) in [5.74, 6) is -0.177. The third-order valence-electron chi connectivity index (χ3n) is 10.0. The Hall–Kier alpha value is -1.80. The van der Waals surface area contributed by atoms with Gasteiger partial charge in [-0.2, -0.15) is 0 Å². The van der Waals surface area contributed by atoms with Gasteiger partial charge in [0, 0.05) is 6.42 Å². The third kappa shape index (κ3) is 42.1. The maximum absolute atomic E-state index is 12.7. The molecule has 0 aliphatic heterocycles. The maximum Gasteiger partial charge on any atom is 0.268 e. The fourth-order valence-electron chi connectivity index (χ4n) is 6.36. The summed E-state index contributed by atoms with van der Waals surface area (Å²) in [6.45, 7) is 4.47. The molecule has 0 aromatic carbocycles. The summed E-state index contributed by atoms with van der Waals surface area (Å²) in [5.41, 5.74) is 0. The number of quaternary nitrogens is 1. The minimum Gasteiger partial charge on any atom is -0.756 e. The molecule has 2 N–H and O–H groups in total. The van der Waals surface area contributed by atoms with Gasteiger partial charge >= 0.3 is 0 Å². The van der Waals surface area contributed by atoms with Gasteiger partial charge in [-0.1, -0.05) is 184 Å². The average Bonchev–Trinajstić information content (AvgIpc) is 3.16. The number of hydrogen-bond donors (Lipinski definition) is 2. The number of aliphatic hydroxyl groups is 1. The number of likely N-dealkylation sites (N-methyl/N-ethyl adjacent to an activating group) is 1. The van der Waals surface area contributed by atoms with E-state index in [1.54, 1.807) is 0 Å². The van der Waals surface area contributed by atoms with Crippen LogP contribution in [0.1, 0.15) is 187 Å². The summed E-state index contributed by atoms with van der Waals surface area (Å²) in [6, 6.07) is -0.797. The summed E-state index contributed by atoms with van der Waals surface area (Å²) in [5, 5.41) is 13.6. The van der Waals surface area contributed by atoms with Crippen molar-refractivity contribution in [3.63, 3.8) is 0 Å². The van der Waals surface area contributed by atoms with E-state index in [9.17, 15) is 19.4 Å². The van der Waals surface area contributed by atoms with Gasteiger partial charge in [0.15, 0.2) is 0 Å². The molecule has 0 spiro atoms. The Bertz CT molecular complexity index is 1110. The second kappa shape index (κ2) is 39.6. The fourth-order valence-corrected chi connectivity index (χ4v) is 7.08. The first-order valence-electron chi connectivity index (χ1n) is 23.1. The van der Waals surface area contributed by atoms with E-state index in [1.807, 2.05) is 21.1 Å². The predicted molar refractivity (Wildman–Crippen MR) is 242 cm³/mol. The molecule has 332 valence electrons. The quantitative estimate of drug-likeness (QED) is 0.0275. The molecule has 0 saturated heterocycles. The second-order valence-corrected chi connectivity index (χ2v) is 18.1. The van der Waals surface area contributed by atoms with Crippen molar-refractivity contribution in [1.82, 2.24) is 5.32 Å². The van der Waals surface area contributed by atoms with Crippen molar-refractivity contribution in [3.8, 4) is 0 Å². The van der Waals surface area contributed by atoms with Crippen molar-refractivity contribution < 1.29 is 32.9 Å². The van der Waals surface area contributed by atoms with Gasteiger partial charge in [-0.05, 0) is 57.8 Å². The summed E-state index contributed by atoms with van der Waals surface area (Å²) < 4.78 is 23.0. The zero-order chi connectivity index (χ0) is 42.1. The van der Waals surface area contributed by atoms with Crippen molar-refractivity contribution in [3.05, 3.63) is 60.8 Å². The van der Waals surface area contributed by atoms with Crippen LogP contribution in [0.5, 0.6) is 0 Å². The first-order chi connectivity index (χ1) is 27.5. The van der Waals surface area contributed by atoms with Crippen LogP contribution in [-0.4, -0.2) is 68.5 Å². The number of hydrogen-bond acceptors (Lipinski definition) is 6. The maximum atomic E-state index is 12.7. The highest BCUT2D eigenvalue weighted by Gasteiger charge is 2.24.